The van der Waals surface area contributed by atoms with Gasteiger partial charge >= 0.3 is 0 Å². The van der Waals surface area contributed by atoms with E-state index < -0.39 is 15.7 Å². The molecule has 2 rings (SSSR count). The molecule has 1 fully saturated rings. The Morgan fingerprint density at radius 2 is 1.90 bits per heavy atom. The normalized spacial score (nSPS) is 20.5. The minimum Gasteiger partial charge on any atom is -0.394 e. The largest absolute Gasteiger partial charge is 0.394 e. The Morgan fingerprint density at radius 1 is 1.30 bits per heavy atom. The van der Waals surface area contributed by atoms with E-state index in [1.165, 1.54) is 4.31 Å². The first-order valence-corrected chi connectivity index (χ1v) is 8.08. The van der Waals surface area contributed by atoms with E-state index in [2.05, 4.69) is 10.0 Å². The predicted octanol–water partition coefficient (Wildman–Crippen LogP) is -0.366. The van der Waals surface area contributed by atoms with Crippen LogP contribution < -0.4 is 10.0 Å². The van der Waals surface area contributed by atoms with Crippen molar-refractivity contribution in [3.8, 4) is 0 Å². The number of nitrogens with one attached hydrogen (secondary N) is 2. The highest BCUT2D eigenvalue weighted by atomic mass is 32.2. The lowest BCUT2D eigenvalue weighted by molar-refractivity contribution is 0.192. The minimum absolute atomic E-state index is 0.303. The van der Waals surface area contributed by atoms with E-state index in [4.69, 9.17) is 0 Å². The van der Waals surface area contributed by atoms with Gasteiger partial charge in [-0.2, -0.15) is 17.4 Å². The summed E-state index contributed by atoms with van der Waals surface area (Å²) >= 11 is 0. The van der Waals surface area contributed by atoms with Crippen molar-refractivity contribution in [1.29, 1.82) is 0 Å². The van der Waals surface area contributed by atoms with Crippen molar-refractivity contribution in [3.63, 3.8) is 0 Å². The van der Waals surface area contributed by atoms with Crippen LogP contribution in [0.25, 0.3) is 0 Å². The zero-order valence-electron chi connectivity index (χ0n) is 11.5. The van der Waals surface area contributed by atoms with Crippen molar-refractivity contribution in [2.24, 2.45) is 0 Å². The van der Waals surface area contributed by atoms with Gasteiger partial charge in [-0.1, -0.05) is 30.3 Å². The average Bonchev–Trinajstić information content (AvgIpc) is 2.48. The van der Waals surface area contributed by atoms with Crippen LogP contribution in [0.15, 0.2) is 30.3 Å². The molecule has 112 valence electrons. The van der Waals surface area contributed by atoms with E-state index in [9.17, 15) is 13.5 Å². The van der Waals surface area contributed by atoms with Crippen molar-refractivity contribution in [3.05, 3.63) is 35.9 Å². The summed E-state index contributed by atoms with van der Waals surface area (Å²) in [5.74, 6) is 0. The summed E-state index contributed by atoms with van der Waals surface area (Å²) in [6.45, 7) is 3.53. The molecule has 0 aliphatic carbocycles. The molecular weight excluding hydrogens is 278 g/mol. The van der Waals surface area contributed by atoms with E-state index in [-0.39, 0.29) is 6.61 Å². The number of rotatable bonds is 5. The van der Waals surface area contributed by atoms with Gasteiger partial charge in [0.15, 0.2) is 0 Å². The zero-order chi connectivity index (χ0) is 14.6. The van der Waals surface area contributed by atoms with Gasteiger partial charge in [-0.3, -0.25) is 0 Å². The van der Waals surface area contributed by atoms with Crippen molar-refractivity contribution in [2.75, 3.05) is 32.8 Å². The molecule has 1 atom stereocenters. The van der Waals surface area contributed by atoms with Gasteiger partial charge in [0, 0.05) is 26.2 Å². The van der Waals surface area contributed by atoms with Gasteiger partial charge in [-0.25, -0.2) is 0 Å². The van der Waals surface area contributed by atoms with Gasteiger partial charge in [0.05, 0.1) is 12.1 Å². The molecule has 1 heterocycles. The molecule has 0 aromatic heterocycles. The standard InChI is InChI=1S/C13H21N3O3S/c1-13(11-17,12-5-3-2-4-6-12)15-20(18,19)16-9-7-14-8-10-16/h2-6,14-15,17H,7-11H2,1H3. The third-order valence-electron chi connectivity index (χ3n) is 3.50. The summed E-state index contributed by atoms with van der Waals surface area (Å²) in [4.78, 5) is 0. The van der Waals surface area contributed by atoms with E-state index in [0.717, 1.165) is 5.56 Å². The molecule has 3 N–H and O–H groups in total. The van der Waals surface area contributed by atoms with Crippen LogP contribution in [0, 0.1) is 0 Å². The minimum atomic E-state index is -3.62. The average molecular weight is 299 g/mol. The van der Waals surface area contributed by atoms with E-state index in [1.807, 2.05) is 18.2 Å². The SMILES string of the molecule is CC(CO)(NS(=O)(=O)N1CCNCC1)c1ccccc1. The Balaban J connectivity index is 2.20. The highest BCUT2D eigenvalue weighted by Gasteiger charge is 2.34. The topological polar surface area (TPSA) is 81.7 Å². The fraction of sp³-hybridized carbons (Fsp3) is 0.538. The van der Waals surface area contributed by atoms with Crippen LogP contribution >= 0.6 is 0 Å². The van der Waals surface area contributed by atoms with Crippen LogP contribution in [-0.2, 0) is 15.7 Å². The molecule has 1 aromatic carbocycles. The van der Waals surface area contributed by atoms with Gasteiger partial charge in [0.25, 0.3) is 10.2 Å². The van der Waals surface area contributed by atoms with Gasteiger partial charge in [0.2, 0.25) is 0 Å². The maximum absolute atomic E-state index is 12.4. The monoisotopic (exact) mass is 299 g/mol. The maximum atomic E-state index is 12.4. The second-order valence-corrected chi connectivity index (χ2v) is 6.78. The Morgan fingerprint density at radius 3 is 2.45 bits per heavy atom. The lowest BCUT2D eigenvalue weighted by atomic mass is 9.94. The van der Waals surface area contributed by atoms with E-state index in [1.54, 1.807) is 19.1 Å². The second-order valence-electron chi connectivity index (χ2n) is 5.11. The molecule has 0 saturated carbocycles. The fourth-order valence-corrected chi connectivity index (χ4v) is 3.77. The Labute approximate surface area is 120 Å². The number of nitrogens with zero attached hydrogens (tertiary/aromatic N) is 1. The molecule has 1 aliphatic heterocycles. The molecule has 1 saturated heterocycles. The maximum Gasteiger partial charge on any atom is 0.280 e. The highest BCUT2D eigenvalue weighted by molar-refractivity contribution is 7.87. The first-order chi connectivity index (χ1) is 9.48. The van der Waals surface area contributed by atoms with Crippen molar-refractivity contribution in [2.45, 2.75) is 12.5 Å². The third-order valence-corrected chi connectivity index (χ3v) is 5.25. The number of aliphatic hydroxyl groups excluding tert-OH is 1. The Hall–Kier alpha value is -0.990. The van der Waals surface area contributed by atoms with Crippen molar-refractivity contribution < 1.29 is 13.5 Å². The fourth-order valence-electron chi connectivity index (χ4n) is 2.22. The number of benzene rings is 1. The second kappa shape index (κ2) is 6.19. The number of piperazine rings is 1. The highest BCUT2D eigenvalue weighted by Crippen LogP contribution is 2.21. The first kappa shape index (κ1) is 15.4. The third kappa shape index (κ3) is 3.36. The van der Waals surface area contributed by atoms with Crippen molar-refractivity contribution >= 4 is 10.2 Å². The first-order valence-electron chi connectivity index (χ1n) is 6.64. The predicted molar refractivity (Wildman–Crippen MR) is 77.4 cm³/mol. The smallest absolute Gasteiger partial charge is 0.280 e. The summed E-state index contributed by atoms with van der Waals surface area (Å²) in [5, 5.41) is 12.8. The van der Waals surface area contributed by atoms with Crippen LogP contribution in [0.1, 0.15) is 12.5 Å². The number of aliphatic hydroxyl groups is 1. The Bertz CT molecular complexity index is 529. The summed E-state index contributed by atoms with van der Waals surface area (Å²) < 4.78 is 28.8. The van der Waals surface area contributed by atoms with Crippen LogP contribution in [0.5, 0.6) is 0 Å². The van der Waals surface area contributed by atoms with E-state index >= 15 is 0 Å². The lowest BCUT2D eigenvalue weighted by Crippen LogP contribution is -2.56. The molecule has 0 bridgehead atoms. The summed E-state index contributed by atoms with van der Waals surface area (Å²) in [6.07, 6.45) is 0. The Kier molecular flexibility index (Phi) is 4.77. The molecule has 20 heavy (non-hydrogen) atoms. The quantitative estimate of drug-likeness (QED) is 0.693. The number of hydrogen-bond acceptors (Lipinski definition) is 4. The molecule has 0 spiro atoms. The molecule has 1 aliphatic rings. The van der Waals surface area contributed by atoms with E-state index in [0.29, 0.717) is 26.2 Å². The summed E-state index contributed by atoms with van der Waals surface area (Å²) in [6, 6.07) is 9.10. The summed E-state index contributed by atoms with van der Waals surface area (Å²) in [5.41, 5.74) is -0.286. The molecule has 0 radical (unpaired) electrons. The van der Waals surface area contributed by atoms with Crippen LogP contribution in [0.2, 0.25) is 0 Å². The molecule has 7 heteroatoms. The van der Waals surface area contributed by atoms with Gasteiger partial charge in [-0.05, 0) is 12.5 Å². The van der Waals surface area contributed by atoms with Crippen LogP contribution in [0.4, 0.5) is 0 Å². The molecule has 1 aromatic rings. The van der Waals surface area contributed by atoms with Gasteiger partial charge < -0.3 is 10.4 Å². The van der Waals surface area contributed by atoms with Gasteiger partial charge in [0.1, 0.15) is 0 Å². The summed E-state index contributed by atoms with van der Waals surface area (Å²) in [7, 11) is -3.62. The zero-order valence-corrected chi connectivity index (χ0v) is 12.4. The molecular formula is C13H21N3O3S. The van der Waals surface area contributed by atoms with Crippen molar-refractivity contribution in [1.82, 2.24) is 14.3 Å². The van der Waals surface area contributed by atoms with Crippen LogP contribution in [-0.4, -0.2) is 50.6 Å². The molecule has 0 amide bonds. The molecule has 1 unspecified atom stereocenters. The number of hydrogen-bond donors (Lipinski definition) is 3. The van der Waals surface area contributed by atoms with Crippen LogP contribution in [0.3, 0.4) is 0 Å². The van der Waals surface area contributed by atoms with Gasteiger partial charge in [-0.15, -0.1) is 0 Å². The molecule has 6 nitrogen and oxygen atoms in total. The lowest BCUT2D eigenvalue weighted by Gasteiger charge is -2.34.